The standard InChI is InChI=1S/C13H16FNO3/c1-8(2)11(13(17)18-3)15-12(16)9-6-4-5-7-10(9)14/h4-8,11H,1-3H3,(H,15,16)/t11-/m1/s1. The Balaban J connectivity index is 2.86. The maximum Gasteiger partial charge on any atom is 0.328 e. The van der Waals surface area contributed by atoms with Gasteiger partial charge in [0.2, 0.25) is 0 Å². The summed E-state index contributed by atoms with van der Waals surface area (Å²) in [5, 5.41) is 2.47. The van der Waals surface area contributed by atoms with Crippen molar-refractivity contribution in [2.45, 2.75) is 19.9 Å². The van der Waals surface area contributed by atoms with Gasteiger partial charge in [0.25, 0.3) is 5.91 Å². The molecule has 0 spiro atoms. The van der Waals surface area contributed by atoms with E-state index in [1.165, 1.54) is 25.3 Å². The molecule has 0 unspecified atom stereocenters. The Morgan fingerprint density at radius 3 is 2.39 bits per heavy atom. The van der Waals surface area contributed by atoms with E-state index in [-0.39, 0.29) is 11.5 Å². The summed E-state index contributed by atoms with van der Waals surface area (Å²) in [7, 11) is 1.24. The molecule has 0 bridgehead atoms. The van der Waals surface area contributed by atoms with Gasteiger partial charge in [0.1, 0.15) is 11.9 Å². The van der Waals surface area contributed by atoms with Gasteiger partial charge in [0, 0.05) is 0 Å². The van der Waals surface area contributed by atoms with Crippen molar-refractivity contribution in [1.29, 1.82) is 0 Å². The molecule has 1 aromatic rings. The van der Waals surface area contributed by atoms with Crippen LogP contribution in [0.3, 0.4) is 0 Å². The molecule has 0 aliphatic carbocycles. The Kier molecular flexibility index (Phi) is 4.83. The minimum atomic E-state index is -0.790. The van der Waals surface area contributed by atoms with Crippen LogP contribution in [0, 0.1) is 11.7 Å². The minimum Gasteiger partial charge on any atom is -0.467 e. The van der Waals surface area contributed by atoms with E-state index in [9.17, 15) is 14.0 Å². The molecule has 1 N–H and O–H groups in total. The average molecular weight is 253 g/mol. The summed E-state index contributed by atoms with van der Waals surface area (Å²) < 4.78 is 18.0. The lowest BCUT2D eigenvalue weighted by Gasteiger charge is -2.19. The van der Waals surface area contributed by atoms with Gasteiger partial charge in [-0.3, -0.25) is 4.79 Å². The highest BCUT2D eigenvalue weighted by Gasteiger charge is 2.26. The summed E-state index contributed by atoms with van der Waals surface area (Å²) in [5.74, 6) is -1.94. The fourth-order valence-corrected chi connectivity index (χ4v) is 1.49. The van der Waals surface area contributed by atoms with Gasteiger partial charge in [-0.05, 0) is 18.1 Å². The normalized spacial score (nSPS) is 12.1. The van der Waals surface area contributed by atoms with E-state index in [1.54, 1.807) is 19.9 Å². The number of hydrogen-bond donors (Lipinski definition) is 1. The summed E-state index contributed by atoms with van der Waals surface area (Å²) in [6.45, 7) is 3.53. The predicted molar refractivity (Wildman–Crippen MR) is 64.5 cm³/mol. The van der Waals surface area contributed by atoms with E-state index in [1.807, 2.05) is 0 Å². The molecule has 1 atom stereocenters. The number of carbonyl (C=O) groups is 2. The molecule has 0 aliphatic heterocycles. The number of ether oxygens (including phenoxy) is 1. The number of carbonyl (C=O) groups excluding carboxylic acids is 2. The first-order chi connectivity index (χ1) is 8.47. The van der Waals surface area contributed by atoms with Gasteiger partial charge in [-0.2, -0.15) is 0 Å². The fraction of sp³-hybridized carbons (Fsp3) is 0.385. The lowest BCUT2D eigenvalue weighted by molar-refractivity contribution is -0.144. The Morgan fingerprint density at radius 1 is 1.28 bits per heavy atom. The van der Waals surface area contributed by atoms with E-state index in [4.69, 9.17) is 0 Å². The van der Waals surface area contributed by atoms with Gasteiger partial charge in [0.15, 0.2) is 0 Å². The molecular weight excluding hydrogens is 237 g/mol. The van der Waals surface area contributed by atoms with Crippen LogP contribution in [0.15, 0.2) is 24.3 Å². The molecule has 5 heteroatoms. The van der Waals surface area contributed by atoms with Crippen molar-refractivity contribution in [3.05, 3.63) is 35.6 Å². The molecular formula is C13H16FNO3. The van der Waals surface area contributed by atoms with Crippen LogP contribution in [0.5, 0.6) is 0 Å². The van der Waals surface area contributed by atoms with Crippen molar-refractivity contribution in [3.8, 4) is 0 Å². The first-order valence-corrected chi connectivity index (χ1v) is 5.60. The maximum atomic E-state index is 13.4. The first kappa shape index (κ1) is 14.2. The second-order valence-electron chi connectivity index (χ2n) is 4.20. The lowest BCUT2D eigenvalue weighted by atomic mass is 10.0. The van der Waals surface area contributed by atoms with Crippen LogP contribution in [0.1, 0.15) is 24.2 Å². The summed E-state index contributed by atoms with van der Waals surface area (Å²) in [6, 6.07) is 4.81. The number of rotatable bonds is 4. The molecule has 4 nitrogen and oxygen atoms in total. The molecule has 18 heavy (non-hydrogen) atoms. The summed E-state index contributed by atoms with van der Waals surface area (Å²) >= 11 is 0. The topological polar surface area (TPSA) is 55.4 Å². The monoisotopic (exact) mass is 253 g/mol. The third-order valence-corrected chi connectivity index (χ3v) is 2.53. The summed E-state index contributed by atoms with van der Waals surface area (Å²) in [6.07, 6.45) is 0. The number of methoxy groups -OCH3 is 1. The molecule has 0 saturated heterocycles. The number of esters is 1. The highest BCUT2D eigenvalue weighted by Crippen LogP contribution is 2.09. The third kappa shape index (κ3) is 3.29. The molecule has 0 aliphatic rings. The number of amides is 1. The summed E-state index contributed by atoms with van der Waals surface area (Å²) in [5.41, 5.74) is -0.0907. The van der Waals surface area contributed by atoms with Crippen LogP contribution in [-0.4, -0.2) is 25.0 Å². The smallest absolute Gasteiger partial charge is 0.328 e. The molecule has 1 amide bonds. The lowest BCUT2D eigenvalue weighted by Crippen LogP contribution is -2.45. The zero-order valence-electron chi connectivity index (χ0n) is 10.6. The van der Waals surface area contributed by atoms with E-state index in [0.29, 0.717) is 0 Å². The number of nitrogens with one attached hydrogen (secondary N) is 1. The third-order valence-electron chi connectivity index (χ3n) is 2.53. The van der Waals surface area contributed by atoms with Gasteiger partial charge in [-0.25, -0.2) is 9.18 Å². The molecule has 1 rings (SSSR count). The van der Waals surface area contributed by atoms with Gasteiger partial charge in [-0.1, -0.05) is 26.0 Å². The number of hydrogen-bond acceptors (Lipinski definition) is 3. The largest absolute Gasteiger partial charge is 0.467 e. The average Bonchev–Trinajstić information content (AvgIpc) is 2.35. The van der Waals surface area contributed by atoms with Crippen molar-refractivity contribution in [1.82, 2.24) is 5.32 Å². The van der Waals surface area contributed by atoms with Crippen molar-refractivity contribution in [3.63, 3.8) is 0 Å². The van der Waals surface area contributed by atoms with E-state index in [0.717, 1.165) is 0 Å². The van der Waals surface area contributed by atoms with Crippen LogP contribution < -0.4 is 5.32 Å². The molecule has 0 saturated carbocycles. The van der Waals surface area contributed by atoms with E-state index >= 15 is 0 Å². The Morgan fingerprint density at radius 2 is 1.89 bits per heavy atom. The number of halogens is 1. The maximum absolute atomic E-state index is 13.4. The molecule has 0 radical (unpaired) electrons. The van der Waals surface area contributed by atoms with Crippen LogP contribution in [0.25, 0.3) is 0 Å². The van der Waals surface area contributed by atoms with Crippen LogP contribution in [0.2, 0.25) is 0 Å². The van der Waals surface area contributed by atoms with Crippen LogP contribution >= 0.6 is 0 Å². The SMILES string of the molecule is COC(=O)[C@H](NC(=O)c1ccccc1F)C(C)C. The predicted octanol–water partition coefficient (Wildman–Crippen LogP) is 1.75. The van der Waals surface area contributed by atoms with E-state index < -0.39 is 23.7 Å². The van der Waals surface area contributed by atoms with Gasteiger partial charge < -0.3 is 10.1 Å². The van der Waals surface area contributed by atoms with Gasteiger partial charge in [-0.15, -0.1) is 0 Å². The van der Waals surface area contributed by atoms with Gasteiger partial charge >= 0.3 is 5.97 Å². The van der Waals surface area contributed by atoms with Crippen molar-refractivity contribution in [2.24, 2.45) is 5.92 Å². The zero-order valence-corrected chi connectivity index (χ0v) is 10.6. The van der Waals surface area contributed by atoms with Crippen LogP contribution in [0.4, 0.5) is 4.39 Å². The van der Waals surface area contributed by atoms with Crippen molar-refractivity contribution in [2.75, 3.05) is 7.11 Å². The Bertz CT molecular complexity index is 446. The first-order valence-electron chi connectivity index (χ1n) is 5.60. The number of benzene rings is 1. The molecule has 98 valence electrons. The zero-order chi connectivity index (χ0) is 13.7. The second-order valence-corrected chi connectivity index (χ2v) is 4.20. The van der Waals surface area contributed by atoms with E-state index in [2.05, 4.69) is 10.1 Å². The van der Waals surface area contributed by atoms with Gasteiger partial charge in [0.05, 0.1) is 12.7 Å². The van der Waals surface area contributed by atoms with Crippen molar-refractivity contribution < 1.29 is 18.7 Å². The van der Waals surface area contributed by atoms with Crippen molar-refractivity contribution >= 4 is 11.9 Å². The van der Waals surface area contributed by atoms with Crippen LogP contribution in [-0.2, 0) is 9.53 Å². The molecule has 0 aromatic heterocycles. The quantitative estimate of drug-likeness (QED) is 0.832. The Labute approximate surface area is 105 Å². The minimum absolute atomic E-state index is 0.0907. The highest BCUT2D eigenvalue weighted by molar-refractivity contribution is 5.97. The summed E-state index contributed by atoms with van der Waals surface area (Å²) in [4.78, 5) is 23.3. The molecule has 1 aromatic carbocycles. The fourth-order valence-electron chi connectivity index (χ4n) is 1.49. The second kappa shape index (κ2) is 6.14. The molecule has 0 heterocycles. The Hall–Kier alpha value is -1.91. The highest BCUT2D eigenvalue weighted by atomic mass is 19.1. The molecule has 0 fully saturated rings.